The Morgan fingerprint density at radius 3 is 2.05 bits per heavy atom. The number of nitrogen functional groups attached to an aromatic ring is 1. The smallest absolute Gasteiger partial charge is 0.338 e. The molecule has 0 unspecified atom stereocenters. The molecule has 1 rings (SSSR count). The minimum absolute atomic E-state index is 0.266. The molecule has 4 heteroatoms. The molecule has 0 aromatic carbocycles. The van der Waals surface area contributed by atoms with E-state index in [1.54, 1.807) is 6.07 Å². The molecule has 3 N–H and O–H groups in total. The lowest BCUT2D eigenvalue weighted by atomic mass is 10.1. The molecule has 1 aromatic heterocycles. The highest BCUT2D eigenvalue weighted by molar-refractivity contribution is 7.16. The molecule has 0 aliphatic carbocycles. The number of rotatable bonds is 12. The van der Waals surface area contributed by atoms with Crippen LogP contribution in [0.3, 0.4) is 0 Å². The fraction of sp³-hybridized carbons (Fsp3) is 0.706. The van der Waals surface area contributed by atoms with E-state index in [1.807, 2.05) is 0 Å². The predicted octanol–water partition coefficient (Wildman–Crippen LogP) is 5.49. The van der Waals surface area contributed by atoms with Crippen molar-refractivity contribution in [2.24, 2.45) is 0 Å². The average Bonchev–Trinajstić information content (AvgIpc) is 2.82. The summed E-state index contributed by atoms with van der Waals surface area (Å²) in [5.74, 6) is -0.918. The molecule has 21 heavy (non-hydrogen) atoms. The molecule has 0 atom stereocenters. The third kappa shape index (κ3) is 7.51. The quantitative estimate of drug-likeness (QED) is 0.501. The van der Waals surface area contributed by atoms with E-state index in [0.29, 0.717) is 5.00 Å². The van der Waals surface area contributed by atoms with Crippen LogP contribution in [0.1, 0.15) is 86.4 Å². The number of nitrogens with two attached hydrogens (primary N) is 1. The summed E-state index contributed by atoms with van der Waals surface area (Å²) >= 11 is 1.42. The maximum absolute atomic E-state index is 10.9. The summed E-state index contributed by atoms with van der Waals surface area (Å²) in [4.78, 5) is 12.0. The van der Waals surface area contributed by atoms with E-state index in [4.69, 9.17) is 10.8 Å². The molecule has 0 amide bonds. The van der Waals surface area contributed by atoms with Crippen LogP contribution in [0, 0.1) is 0 Å². The first-order valence-electron chi connectivity index (χ1n) is 8.26. The molecule has 0 spiro atoms. The standard InChI is InChI=1S/C17H29NO2S/c1-2-3-4-5-6-7-8-9-10-11-12-14-13-15(17(19)20)16(18)21-14/h13H,2-12,18H2,1H3,(H,19,20). The van der Waals surface area contributed by atoms with Gasteiger partial charge in [-0.2, -0.15) is 0 Å². The summed E-state index contributed by atoms with van der Waals surface area (Å²) in [5, 5.41) is 9.39. The van der Waals surface area contributed by atoms with Crippen LogP contribution in [-0.4, -0.2) is 11.1 Å². The van der Waals surface area contributed by atoms with Crippen LogP contribution >= 0.6 is 11.3 Å². The monoisotopic (exact) mass is 311 g/mol. The highest BCUT2D eigenvalue weighted by atomic mass is 32.1. The average molecular weight is 311 g/mol. The second-order valence-corrected chi connectivity index (χ2v) is 6.90. The molecular weight excluding hydrogens is 282 g/mol. The Kier molecular flexibility index (Phi) is 9.15. The fourth-order valence-electron chi connectivity index (χ4n) is 2.53. The minimum Gasteiger partial charge on any atom is -0.478 e. The van der Waals surface area contributed by atoms with Gasteiger partial charge in [0, 0.05) is 4.88 Å². The van der Waals surface area contributed by atoms with Gasteiger partial charge in [0.15, 0.2) is 0 Å². The molecule has 1 aromatic rings. The van der Waals surface area contributed by atoms with Crippen molar-refractivity contribution in [2.75, 3.05) is 5.73 Å². The molecule has 0 aliphatic rings. The lowest BCUT2D eigenvalue weighted by Gasteiger charge is -2.01. The number of thiophene rings is 1. The molecule has 1 heterocycles. The largest absolute Gasteiger partial charge is 0.478 e. The highest BCUT2D eigenvalue weighted by Gasteiger charge is 2.12. The second-order valence-electron chi connectivity index (χ2n) is 5.73. The minimum atomic E-state index is -0.918. The molecule has 0 bridgehead atoms. The van der Waals surface area contributed by atoms with E-state index in [9.17, 15) is 4.79 Å². The van der Waals surface area contributed by atoms with Gasteiger partial charge in [-0.3, -0.25) is 0 Å². The maximum Gasteiger partial charge on any atom is 0.338 e. The van der Waals surface area contributed by atoms with Gasteiger partial charge < -0.3 is 10.8 Å². The number of aryl methyl sites for hydroxylation is 1. The molecule has 3 nitrogen and oxygen atoms in total. The zero-order chi connectivity index (χ0) is 15.5. The Balaban J connectivity index is 2.02. The van der Waals surface area contributed by atoms with Gasteiger partial charge in [-0.15, -0.1) is 11.3 Å². The Morgan fingerprint density at radius 1 is 1.05 bits per heavy atom. The summed E-state index contributed by atoms with van der Waals surface area (Å²) in [7, 11) is 0. The van der Waals surface area contributed by atoms with E-state index in [1.165, 1.54) is 69.1 Å². The van der Waals surface area contributed by atoms with Crippen LogP contribution in [-0.2, 0) is 6.42 Å². The van der Waals surface area contributed by atoms with Gasteiger partial charge in [0.2, 0.25) is 0 Å². The fourth-order valence-corrected chi connectivity index (χ4v) is 3.50. The van der Waals surface area contributed by atoms with E-state index in [0.717, 1.165) is 17.7 Å². The molecule has 0 aliphatic heterocycles. The van der Waals surface area contributed by atoms with Gasteiger partial charge in [-0.25, -0.2) is 4.79 Å². The molecular formula is C17H29NO2S. The van der Waals surface area contributed by atoms with Gasteiger partial charge in [-0.05, 0) is 18.9 Å². The molecule has 0 saturated carbocycles. The molecule has 0 fully saturated rings. The predicted molar refractivity (Wildman–Crippen MR) is 91.2 cm³/mol. The van der Waals surface area contributed by atoms with Gasteiger partial charge in [0.25, 0.3) is 0 Å². The zero-order valence-corrected chi connectivity index (χ0v) is 14.0. The van der Waals surface area contributed by atoms with Crippen LogP contribution in [0.2, 0.25) is 0 Å². The molecule has 120 valence electrons. The number of carboxylic acid groups (broad SMARTS) is 1. The Bertz CT molecular complexity index is 415. The number of unbranched alkanes of at least 4 members (excludes halogenated alkanes) is 9. The summed E-state index contributed by atoms with van der Waals surface area (Å²) in [6.45, 7) is 2.25. The first-order chi connectivity index (χ1) is 10.1. The van der Waals surface area contributed by atoms with Crippen molar-refractivity contribution < 1.29 is 9.90 Å². The second kappa shape index (κ2) is 10.7. The summed E-state index contributed by atoms with van der Waals surface area (Å²) < 4.78 is 0. The van der Waals surface area contributed by atoms with E-state index >= 15 is 0 Å². The van der Waals surface area contributed by atoms with Crippen LogP contribution in [0.15, 0.2) is 6.07 Å². The highest BCUT2D eigenvalue weighted by Crippen LogP contribution is 2.26. The number of carboxylic acids is 1. The van der Waals surface area contributed by atoms with Crippen molar-refractivity contribution >= 4 is 22.3 Å². The van der Waals surface area contributed by atoms with Crippen molar-refractivity contribution in [3.63, 3.8) is 0 Å². The van der Waals surface area contributed by atoms with Gasteiger partial charge in [0.1, 0.15) is 5.00 Å². The SMILES string of the molecule is CCCCCCCCCCCCc1cc(C(=O)O)c(N)s1. The van der Waals surface area contributed by atoms with E-state index in [-0.39, 0.29) is 5.56 Å². The Morgan fingerprint density at radius 2 is 1.57 bits per heavy atom. The normalized spacial score (nSPS) is 10.9. The van der Waals surface area contributed by atoms with Gasteiger partial charge in [0.05, 0.1) is 5.56 Å². The van der Waals surface area contributed by atoms with Crippen LogP contribution in [0.5, 0.6) is 0 Å². The van der Waals surface area contributed by atoms with Crippen molar-refractivity contribution in [3.05, 3.63) is 16.5 Å². The van der Waals surface area contributed by atoms with Crippen molar-refractivity contribution in [3.8, 4) is 0 Å². The lowest BCUT2D eigenvalue weighted by Crippen LogP contribution is -1.97. The van der Waals surface area contributed by atoms with Crippen molar-refractivity contribution in [2.45, 2.75) is 77.6 Å². The van der Waals surface area contributed by atoms with Gasteiger partial charge >= 0.3 is 5.97 Å². The third-order valence-electron chi connectivity index (χ3n) is 3.82. The molecule has 0 radical (unpaired) electrons. The van der Waals surface area contributed by atoms with E-state index < -0.39 is 5.97 Å². The summed E-state index contributed by atoms with van der Waals surface area (Å²) in [6, 6.07) is 1.73. The molecule has 0 saturated heterocycles. The van der Waals surface area contributed by atoms with Crippen molar-refractivity contribution in [1.29, 1.82) is 0 Å². The zero-order valence-electron chi connectivity index (χ0n) is 13.2. The summed E-state index contributed by atoms with van der Waals surface area (Å²) in [5.41, 5.74) is 5.97. The van der Waals surface area contributed by atoms with Crippen molar-refractivity contribution in [1.82, 2.24) is 0 Å². The van der Waals surface area contributed by atoms with Gasteiger partial charge in [-0.1, -0.05) is 64.7 Å². The maximum atomic E-state index is 10.9. The Hall–Kier alpha value is -1.03. The number of hydrogen-bond acceptors (Lipinski definition) is 3. The van der Waals surface area contributed by atoms with Crippen LogP contribution in [0.25, 0.3) is 0 Å². The number of hydrogen-bond donors (Lipinski definition) is 2. The Labute approximate surface area is 132 Å². The number of carbonyl (C=O) groups is 1. The number of aromatic carboxylic acids is 1. The number of anilines is 1. The topological polar surface area (TPSA) is 63.3 Å². The van der Waals surface area contributed by atoms with Crippen LogP contribution < -0.4 is 5.73 Å². The first kappa shape index (κ1) is 18.0. The third-order valence-corrected chi connectivity index (χ3v) is 4.84. The lowest BCUT2D eigenvalue weighted by molar-refractivity contribution is 0.0698. The van der Waals surface area contributed by atoms with Crippen LogP contribution in [0.4, 0.5) is 5.00 Å². The van der Waals surface area contributed by atoms with E-state index in [2.05, 4.69) is 6.92 Å². The first-order valence-corrected chi connectivity index (χ1v) is 9.08. The summed E-state index contributed by atoms with van der Waals surface area (Å²) in [6.07, 6.45) is 14.2.